The molecule has 1 amide bonds. The molecule has 3 N–H and O–H groups in total. The Balaban J connectivity index is 2.44. The monoisotopic (exact) mass is 271 g/mol. The average Bonchev–Trinajstić information content (AvgIpc) is 2.75. The molecule has 9 nitrogen and oxygen atoms in total. The lowest BCUT2D eigenvalue weighted by atomic mass is 10.3. The molecule has 0 aliphatic rings. The maximum Gasteiger partial charge on any atom is 0.322 e. The predicted molar refractivity (Wildman–Crippen MR) is 67.1 cm³/mol. The molecule has 0 aliphatic carbocycles. The molecule has 0 saturated heterocycles. The van der Waals surface area contributed by atoms with Crippen LogP contribution in [0.3, 0.4) is 0 Å². The van der Waals surface area contributed by atoms with E-state index in [1.807, 2.05) is 0 Å². The Morgan fingerprint density at radius 1 is 1.47 bits per heavy atom. The van der Waals surface area contributed by atoms with Crippen molar-refractivity contribution in [2.24, 2.45) is 0 Å². The van der Waals surface area contributed by atoms with E-state index in [0.717, 1.165) is 0 Å². The number of aromatic nitrogens is 2. The smallest absolute Gasteiger partial charge is 0.322 e. The van der Waals surface area contributed by atoms with E-state index in [9.17, 15) is 14.9 Å². The van der Waals surface area contributed by atoms with Crippen LogP contribution in [0.5, 0.6) is 0 Å². The Morgan fingerprint density at radius 2 is 2.21 bits per heavy atom. The van der Waals surface area contributed by atoms with Crippen molar-refractivity contribution in [1.82, 2.24) is 20.8 Å². The quantitative estimate of drug-likeness (QED) is 0.336. The maximum absolute atomic E-state index is 11.7. The van der Waals surface area contributed by atoms with Gasteiger partial charge in [0.25, 0.3) is 5.91 Å². The van der Waals surface area contributed by atoms with Gasteiger partial charge in [-0.2, -0.15) is 5.10 Å². The van der Waals surface area contributed by atoms with Gasteiger partial charge in [-0.1, -0.05) is 0 Å². The van der Waals surface area contributed by atoms with Crippen LogP contribution in [0.25, 0.3) is 0 Å². The van der Waals surface area contributed by atoms with E-state index in [2.05, 4.69) is 20.8 Å². The Bertz CT molecular complexity index is 445. The van der Waals surface area contributed by atoms with Crippen molar-refractivity contribution in [3.05, 3.63) is 21.5 Å². The molecule has 1 aromatic rings. The predicted octanol–water partition coefficient (Wildman–Crippen LogP) is -0.408. The molecule has 1 rings (SSSR count). The fraction of sp³-hybridized carbons (Fsp3) is 0.600. The fourth-order valence-corrected chi connectivity index (χ4v) is 1.45. The fourth-order valence-electron chi connectivity index (χ4n) is 1.45. The molecule has 1 aromatic heterocycles. The van der Waals surface area contributed by atoms with Gasteiger partial charge in [-0.15, -0.1) is 0 Å². The number of nitrogens with zero attached hydrogens (tertiary/aromatic N) is 2. The lowest BCUT2D eigenvalue weighted by molar-refractivity contribution is -0.385. The summed E-state index contributed by atoms with van der Waals surface area (Å²) < 4.78 is 4.84. The second-order valence-electron chi connectivity index (χ2n) is 3.80. The molecule has 106 valence electrons. The first-order valence-corrected chi connectivity index (χ1v) is 5.75. The second-order valence-corrected chi connectivity index (χ2v) is 3.80. The normalized spacial score (nSPS) is 10.4. The van der Waals surface area contributed by atoms with E-state index in [4.69, 9.17) is 4.74 Å². The molecule has 0 atom stereocenters. The van der Waals surface area contributed by atoms with E-state index >= 15 is 0 Å². The first kappa shape index (κ1) is 15.1. The highest BCUT2D eigenvalue weighted by molar-refractivity contribution is 5.96. The van der Waals surface area contributed by atoms with Crippen molar-refractivity contribution in [1.29, 1.82) is 0 Å². The summed E-state index contributed by atoms with van der Waals surface area (Å²) in [6.07, 6.45) is 0. The number of methoxy groups -OCH3 is 1. The summed E-state index contributed by atoms with van der Waals surface area (Å²) >= 11 is 0. The van der Waals surface area contributed by atoms with Gasteiger partial charge in [0.15, 0.2) is 0 Å². The number of nitro groups is 1. The van der Waals surface area contributed by atoms with Crippen LogP contribution in [0.4, 0.5) is 5.69 Å². The molecule has 0 unspecified atom stereocenters. The van der Waals surface area contributed by atoms with Gasteiger partial charge >= 0.3 is 5.69 Å². The van der Waals surface area contributed by atoms with Crippen molar-refractivity contribution in [3.8, 4) is 0 Å². The van der Waals surface area contributed by atoms with Crippen LogP contribution >= 0.6 is 0 Å². The standard InChI is InChI=1S/C10H17N5O4/c1-7-9(15(17)18)8(14-13-7)10(16)12-4-3-11-5-6-19-2/h11H,3-6H2,1-2H3,(H,12,16)(H,13,14). The highest BCUT2D eigenvalue weighted by atomic mass is 16.6. The molecule has 9 heteroatoms. The molecule has 0 aromatic carbocycles. The van der Waals surface area contributed by atoms with E-state index in [1.165, 1.54) is 6.92 Å². The van der Waals surface area contributed by atoms with Gasteiger partial charge in [0.1, 0.15) is 5.69 Å². The van der Waals surface area contributed by atoms with Crippen molar-refractivity contribution in [2.45, 2.75) is 6.92 Å². The molecule has 0 aliphatic heterocycles. The highest BCUT2D eigenvalue weighted by Gasteiger charge is 2.26. The Labute approximate surface area is 109 Å². The molecule has 1 heterocycles. The van der Waals surface area contributed by atoms with E-state index in [1.54, 1.807) is 7.11 Å². The van der Waals surface area contributed by atoms with Crippen molar-refractivity contribution < 1.29 is 14.5 Å². The molecule has 0 bridgehead atoms. The highest BCUT2D eigenvalue weighted by Crippen LogP contribution is 2.19. The summed E-state index contributed by atoms with van der Waals surface area (Å²) in [6.45, 7) is 3.65. The average molecular weight is 271 g/mol. The SMILES string of the molecule is COCCNCCNC(=O)c1n[nH]c(C)c1[N+](=O)[O-]. The summed E-state index contributed by atoms with van der Waals surface area (Å²) in [4.78, 5) is 21.9. The van der Waals surface area contributed by atoms with Crippen LogP contribution in [0, 0.1) is 17.0 Å². The van der Waals surface area contributed by atoms with Gasteiger partial charge in [0.05, 0.1) is 11.5 Å². The van der Waals surface area contributed by atoms with Crippen LogP contribution in [-0.2, 0) is 4.74 Å². The zero-order valence-corrected chi connectivity index (χ0v) is 10.9. The van der Waals surface area contributed by atoms with Crippen LogP contribution in [0.2, 0.25) is 0 Å². The lowest BCUT2D eigenvalue weighted by Gasteiger charge is -2.04. The maximum atomic E-state index is 11.7. The van der Waals surface area contributed by atoms with E-state index in [0.29, 0.717) is 26.2 Å². The number of H-pyrrole nitrogens is 1. The van der Waals surface area contributed by atoms with Gasteiger partial charge in [0.2, 0.25) is 5.69 Å². The zero-order valence-electron chi connectivity index (χ0n) is 10.9. The third kappa shape index (κ3) is 4.30. The Kier molecular flexibility index (Phi) is 5.90. The molecule has 0 radical (unpaired) electrons. The number of ether oxygens (including phenoxy) is 1. The van der Waals surface area contributed by atoms with Crippen molar-refractivity contribution in [3.63, 3.8) is 0 Å². The largest absolute Gasteiger partial charge is 0.383 e. The summed E-state index contributed by atoms with van der Waals surface area (Å²) in [5, 5.41) is 22.5. The molecule has 0 fully saturated rings. The number of nitrogens with one attached hydrogen (secondary N) is 3. The number of aryl methyl sites for hydroxylation is 1. The number of hydrogen-bond donors (Lipinski definition) is 3. The zero-order chi connectivity index (χ0) is 14.3. The van der Waals surface area contributed by atoms with E-state index in [-0.39, 0.29) is 17.1 Å². The van der Waals surface area contributed by atoms with Crippen LogP contribution < -0.4 is 10.6 Å². The van der Waals surface area contributed by atoms with Crippen LogP contribution in [0.15, 0.2) is 0 Å². The molecular weight excluding hydrogens is 254 g/mol. The van der Waals surface area contributed by atoms with E-state index < -0.39 is 10.8 Å². The van der Waals surface area contributed by atoms with Gasteiger partial charge in [-0.25, -0.2) is 0 Å². The number of carbonyl (C=O) groups excluding carboxylic acids is 1. The summed E-state index contributed by atoms with van der Waals surface area (Å²) in [5.74, 6) is -0.565. The summed E-state index contributed by atoms with van der Waals surface area (Å²) in [7, 11) is 1.60. The number of hydrogen-bond acceptors (Lipinski definition) is 6. The summed E-state index contributed by atoms with van der Waals surface area (Å²) in [5.41, 5.74) is -0.224. The number of aromatic amines is 1. The third-order valence-corrected chi connectivity index (χ3v) is 2.38. The number of carbonyl (C=O) groups is 1. The molecule has 0 saturated carbocycles. The van der Waals surface area contributed by atoms with Crippen molar-refractivity contribution in [2.75, 3.05) is 33.4 Å². The second kappa shape index (κ2) is 7.44. The molecular formula is C10H17N5O4. The number of rotatable bonds is 8. The van der Waals surface area contributed by atoms with Crippen LogP contribution in [-0.4, -0.2) is 54.4 Å². The topological polar surface area (TPSA) is 122 Å². The van der Waals surface area contributed by atoms with Gasteiger partial charge in [-0.3, -0.25) is 20.0 Å². The first-order chi connectivity index (χ1) is 9.07. The van der Waals surface area contributed by atoms with Crippen molar-refractivity contribution >= 4 is 11.6 Å². The third-order valence-electron chi connectivity index (χ3n) is 2.38. The van der Waals surface area contributed by atoms with Crippen LogP contribution in [0.1, 0.15) is 16.2 Å². The molecule has 0 spiro atoms. The summed E-state index contributed by atoms with van der Waals surface area (Å²) in [6, 6.07) is 0. The molecule has 19 heavy (non-hydrogen) atoms. The van der Waals surface area contributed by atoms with Gasteiger partial charge in [0, 0.05) is 26.7 Å². The van der Waals surface area contributed by atoms with Gasteiger partial charge in [-0.05, 0) is 6.92 Å². The Hall–Kier alpha value is -2.00. The first-order valence-electron chi connectivity index (χ1n) is 5.75. The van der Waals surface area contributed by atoms with Gasteiger partial charge < -0.3 is 15.4 Å². The minimum Gasteiger partial charge on any atom is -0.383 e. The minimum absolute atomic E-state index is 0.195. The number of amides is 1. The Morgan fingerprint density at radius 3 is 2.84 bits per heavy atom. The lowest BCUT2D eigenvalue weighted by Crippen LogP contribution is -2.33. The minimum atomic E-state index is -0.620.